The minimum atomic E-state index is -0.994. The first-order valence-corrected chi connectivity index (χ1v) is 39.8. The van der Waals surface area contributed by atoms with Gasteiger partial charge in [0.1, 0.15) is 26.4 Å². The van der Waals surface area contributed by atoms with E-state index in [0.29, 0.717) is 85.0 Å². The van der Waals surface area contributed by atoms with Crippen LogP contribution in [0.2, 0.25) is 0 Å². The molecule has 0 radical (unpaired) electrons. The maximum absolute atomic E-state index is 14.2. The number of carbonyl (C=O) groups is 12. The second-order valence-corrected chi connectivity index (χ2v) is 26.3. The fourth-order valence-electron chi connectivity index (χ4n) is 10.3. The molecule has 0 saturated heterocycles. The first-order valence-electron chi connectivity index (χ1n) is 39.8. The van der Waals surface area contributed by atoms with Crippen LogP contribution in [0.25, 0.3) is 0 Å². The molecular formula is C75H140N12O25. The molecule has 0 heterocycles. The van der Waals surface area contributed by atoms with E-state index in [4.69, 9.17) is 61.6 Å². The Kier molecular flexibility index (Phi) is 74.5. The van der Waals surface area contributed by atoms with Crippen molar-refractivity contribution in [1.29, 1.82) is 0 Å². The molecule has 0 saturated carbocycles. The summed E-state index contributed by atoms with van der Waals surface area (Å²) >= 11 is 0. The second kappa shape index (κ2) is 79.4. The second-order valence-electron chi connectivity index (χ2n) is 26.3. The Morgan fingerprint density at radius 3 is 0.812 bits per heavy atom. The Balaban J connectivity index is 6.16. The van der Waals surface area contributed by atoms with Gasteiger partial charge in [-0.15, -0.1) is 0 Å². The van der Waals surface area contributed by atoms with Crippen molar-refractivity contribution in [2.45, 2.75) is 179 Å². The predicted octanol–water partition coefficient (Wildman–Crippen LogP) is -0.396. The van der Waals surface area contributed by atoms with E-state index in [1.807, 2.05) is 0 Å². The molecule has 12 N–H and O–H groups in total. The molecule has 0 aliphatic rings. The molecule has 0 fully saturated rings. The number of hydrogen-bond donors (Lipinski definition) is 12. The zero-order chi connectivity index (χ0) is 82.2. The smallest absolute Gasteiger partial charge is 0.246 e. The van der Waals surface area contributed by atoms with Crippen molar-refractivity contribution in [2.75, 3.05) is 233 Å². The Hall–Kier alpha value is -6.88. The number of carbonyl (C=O) groups excluding carboxylic acids is 12. The van der Waals surface area contributed by atoms with Crippen molar-refractivity contribution >= 4 is 70.9 Å². The molecule has 3 unspecified atom stereocenters. The van der Waals surface area contributed by atoms with Gasteiger partial charge in [0.05, 0.1) is 85.8 Å². The van der Waals surface area contributed by atoms with Crippen molar-refractivity contribution in [1.82, 2.24) is 63.8 Å². The van der Waals surface area contributed by atoms with Gasteiger partial charge in [-0.3, -0.25) is 57.5 Å². The molecule has 12 amide bonds. The summed E-state index contributed by atoms with van der Waals surface area (Å²) in [5, 5.41) is 33.2. The van der Waals surface area contributed by atoms with E-state index >= 15 is 0 Å². The van der Waals surface area contributed by atoms with E-state index in [1.165, 1.54) is 0 Å². The summed E-state index contributed by atoms with van der Waals surface area (Å²) in [4.78, 5) is 156. The first-order chi connectivity index (χ1) is 54.4. The number of unbranched alkanes of at least 4 members (excludes halogenated alkanes) is 10. The average Bonchev–Trinajstić information content (AvgIpc) is 0.908. The highest BCUT2D eigenvalue weighted by molar-refractivity contribution is 5.87. The van der Waals surface area contributed by atoms with Crippen LogP contribution < -0.4 is 63.8 Å². The van der Waals surface area contributed by atoms with Crippen molar-refractivity contribution in [3.8, 4) is 0 Å². The number of methoxy groups -OCH3 is 5. The first kappa shape index (κ1) is 105. The van der Waals surface area contributed by atoms with E-state index < -0.39 is 79.0 Å². The third-order valence-corrected chi connectivity index (χ3v) is 16.3. The minimum Gasteiger partial charge on any atom is -0.385 e. The molecular weight excluding hydrogens is 1470 g/mol. The van der Waals surface area contributed by atoms with E-state index in [1.54, 1.807) is 35.5 Å². The van der Waals surface area contributed by atoms with Crippen molar-refractivity contribution in [2.24, 2.45) is 0 Å². The fraction of sp³-hybridized carbons (Fsp3) is 0.840. The molecule has 0 spiro atoms. The molecule has 0 aromatic carbocycles. The highest BCUT2D eigenvalue weighted by Gasteiger charge is 2.25. The highest BCUT2D eigenvalue weighted by Crippen LogP contribution is 2.11. The molecule has 37 heteroatoms. The SMILES string of the molecule is COCCCCCCNC(=O)CC(CCC(=O)NC(CCC(=O)NCCOCCOCC(=O)NCCCCCOC)CC(=O)NCCOCCOCC(=O)NCCCCCOC)NC(=O)CC(CCC(=O)NCCOCCOCC(=O)NCCCCCOC)NC(=O)CNC(=O)COCCOCCNC(=O)CCCCOC. The van der Waals surface area contributed by atoms with E-state index in [2.05, 4.69) is 63.8 Å². The van der Waals surface area contributed by atoms with Gasteiger partial charge in [0.25, 0.3) is 0 Å². The van der Waals surface area contributed by atoms with Gasteiger partial charge < -0.3 is 125 Å². The zero-order valence-electron chi connectivity index (χ0n) is 67.8. The van der Waals surface area contributed by atoms with Crippen LogP contribution in [0.5, 0.6) is 0 Å². The normalized spacial score (nSPS) is 11.9. The maximum atomic E-state index is 14.2. The van der Waals surface area contributed by atoms with Crippen LogP contribution in [0.3, 0.4) is 0 Å². The number of amides is 12. The molecule has 37 nitrogen and oxygen atoms in total. The van der Waals surface area contributed by atoms with Gasteiger partial charge >= 0.3 is 0 Å². The van der Waals surface area contributed by atoms with Crippen LogP contribution >= 0.6 is 0 Å². The molecule has 650 valence electrons. The van der Waals surface area contributed by atoms with Crippen LogP contribution in [0.15, 0.2) is 0 Å². The maximum Gasteiger partial charge on any atom is 0.246 e. The highest BCUT2D eigenvalue weighted by atomic mass is 16.5. The van der Waals surface area contributed by atoms with E-state index in [9.17, 15) is 57.5 Å². The monoisotopic (exact) mass is 1610 g/mol. The Morgan fingerprint density at radius 1 is 0.205 bits per heavy atom. The molecule has 3 atom stereocenters. The van der Waals surface area contributed by atoms with Crippen LogP contribution in [-0.4, -0.2) is 322 Å². The summed E-state index contributed by atoms with van der Waals surface area (Å²) in [6.07, 6.45) is 11.5. The minimum absolute atomic E-state index is 0.0277. The van der Waals surface area contributed by atoms with Crippen LogP contribution in [0.1, 0.15) is 161 Å². The summed E-state index contributed by atoms with van der Waals surface area (Å²) < 4.78 is 69.1. The summed E-state index contributed by atoms with van der Waals surface area (Å²) in [6, 6.07) is -2.81. The van der Waals surface area contributed by atoms with E-state index in [0.717, 1.165) is 83.5 Å². The molecule has 0 aliphatic heterocycles. The van der Waals surface area contributed by atoms with Gasteiger partial charge in [-0.1, -0.05) is 12.8 Å². The Bertz CT molecular complexity index is 2450. The number of hydrogen-bond acceptors (Lipinski definition) is 25. The van der Waals surface area contributed by atoms with Crippen molar-refractivity contribution in [3.63, 3.8) is 0 Å². The van der Waals surface area contributed by atoms with Gasteiger partial charge in [0.15, 0.2) is 0 Å². The van der Waals surface area contributed by atoms with Crippen molar-refractivity contribution < 1.29 is 119 Å². The number of ether oxygens (including phenoxy) is 13. The summed E-state index contributed by atoms with van der Waals surface area (Å²) in [7, 11) is 8.15. The third-order valence-electron chi connectivity index (χ3n) is 16.3. The van der Waals surface area contributed by atoms with Crippen LogP contribution in [0, 0.1) is 0 Å². The van der Waals surface area contributed by atoms with Gasteiger partial charge in [-0.05, 0) is 103 Å². The molecule has 112 heavy (non-hydrogen) atoms. The Labute approximate surface area is 663 Å². The summed E-state index contributed by atoms with van der Waals surface area (Å²) in [5.74, 6) is -5.07. The van der Waals surface area contributed by atoms with Crippen molar-refractivity contribution in [3.05, 3.63) is 0 Å². The third kappa shape index (κ3) is 74.5. The van der Waals surface area contributed by atoms with Gasteiger partial charge in [0, 0.05) is 184 Å². The molecule has 0 rings (SSSR count). The standard InChI is InChI=1S/C75H140N12O25/c1-100-36-16-7-6-12-28-76-68(92)54-62(24-27-67(91)85-61(53-69(93)83-35-44-108-47-51-111-59-74(98)79-31-15-10-19-39-103-4)22-25-65(89)81-33-42-106-45-49-109-57-72(96)77-29-13-8-17-37-101-2)86-70(94)55-63(23-26-66(90)82-34-43-107-46-50-110-58-73(97)78-30-14-9-18-38-102-3)87-71(95)56-84-75(99)60-112-52-48-105-41-32-80-64(88)21-11-20-40-104-5/h61-63H,6-60H2,1-5H3,(H,76,92)(H,77,96)(H,78,97)(H,79,98)(H,80,88)(H,81,89)(H,82,90)(H,83,93)(H,84,99)(H,85,91)(H,86,94)(H,87,95). The molecule has 0 aliphatic carbocycles. The largest absolute Gasteiger partial charge is 0.385 e. The lowest BCUT2D eigenvalue weighted by Gasteiger charge is -2.23. The van der Waals surface area contributed by atoms with Crippen LogP contribution in [0.4, 0.5) is 0 Å². The van der Waals surface area contributed by atoms with Gasteiger partial charge in [-0.25, -0.2) is 0 Å². The molecule has 0 bridgehead atoms. The molecule has 0 aromatic heterocycles. The van der Waals surface area contributed by atoms with Crippen LogP contribution in [-0.2, 0) is 119 Å². The quantitative estimate of drug-likeness (QED) is 0.0345. The number of nitrogens with one attached hydrogen (secondary N) is 12. The van der Waals surface area contributed by atoms with Gasteiger partial charge in [0.2, 0.25) is 70.9 Å². The predicted molar refractivity (Wildman–Crippen MR) is 414 cm³/mol. The number of rotatable bonds is 82. The fourth-order valence-corrected chi connectivity index (χ4v) is 10.3. The van der Waals surface area contributed by atoms with E-state index in [-0.39, 0.29) is 200 Å². The Morgan fingerprint density at radius 2 is 0.455 bits per heavy atom. The lowest BCUT2D eigenvalue weighted by Crippen LogP contribution is -2.47. The topological polar surface area (TPSA) is 469 Å². The average molecular weight is 1610 g/mol. The van der Waals surface area contributed by atoms with Gasteiger partial charge in [-0.2, -0.15) is 0 Å². The molecule has 0 aromatic rings. The lowest BCUT2D eigenvalue weighted by atomic mass is 10.0. The lowest BCUT2D eigenvalue weighted by molar-refractivity contribution is -0.130. The summed E-state index contributed by atoms with van der Waals surface area (Å²) in [6.45, 7) is 6.04. The summed E-state index contributed by atoms with van der Waals surface area (Å²) in [5.41, 5.74) is 0. The zero-order valence-corrected chi connectivity index (χ0v) is 67.8.